The van der Waals surface area contributed by atoms with Crippen molar-refractivity contribution >= 4 is 11.9 Å². The van der Waals surface area contributed by atoms with Crippen LogP contribution in [0.15, 0.2) is 0 Å². The molecule has 0 amide bonds. The van der Waals surface area contributed by atoms with Crippen molar-refractivity contribution in [3.8, 4) is 0 Å². The zero-order chi connectivity index (χ0) is 13.8. The number of esters is 1. The summed E-state index contributed by atoms with van der Waals surface area (Å²) < 4.78 is 5.48. The van der Waals surface area contributed by atoms with Crippen molar-refractivity contribution in [2.24, 2.45) is 11.8 Å². The van der Waals surface area contributed by atoms with Gasteiger partial charge in [-0.05, 0) is 51.4 Å². The van der Waals surface area contributed by atoms with Crippen molar-refractivity contribution in [2.75, 3.05) is 0 Å². The predicted molar refractivity (Wildman–Crippen MR) is 67.4 cm³/mol. The average Bonchev–Trinajstić information content (AvgIpc) is 2.40. The molecule has 108 valence electrons. The van der Waals surface area contributed by atoms with Crippen molar-refractivity contribution in [2.45, 2.75) is 63.6 Å². The van der Waals surface area contributed by atoms with Gasteiger partial charge in [-0.2, -0.15) is 0 Å². The van der Waals surface area contributed by atoms with Gasteiger partial charge in [0, 0.05) is 0 Å². The highest BCUT2D eigenvalue weighted by Crippen LogP contribution is 2.29. The molecule has 19 heavy (non-hydrogen) atoms. The van der Waals surface area contributed by atoms with Crippen LogP contribution in [-0.4, -0.2) is 34.4 Å². The summed E-state index contributed by atoms with van der Waals surface area (Å²) in [7, 11) is 0. The second kappa shape index (κ2) is 6.37. The van der Waals surface area contributed by atoms with Gasteiger partial charge in [-0.25, -0.2) is 0 Å². The number of rotatable bonds is 3. The van der Waals surface area contributed by atoms with Crippen LogP contribution < -0.4 is 0 Å². The van der Waals surface area contributed by atoms with Gasteiger partial charge in [-0.1, -0.05) is 0 Å². The lowest BCUT2D eigenvalue weighted by molar-refractivity contribution is -0.158. The Labute approximate surface area is 112 Å². The van der Waals surface area contributed by atoms with Gasteiger partial charge in [0.2, 0.25) is 0 Å². The van der Waals surface area contributed by atoms with Crippen LogP contribution in [0.1, 0.15) is 51.4 Å². The van der Waals surface area contributed by atoms with Crippen LogP contribution in [0.3, 0.4) is 0 Å². The Morgan fingerprint density at radius 3 is 1.89 bits per heavy atom. The fourth-order valence-electron chi connectivity index (χ4n) is 3.00. The van der Waals surface area contributed by atoms with E-state index in [9.17, 15) is 14.7 Å². The van der Waals surface area contributed by atoms with Gasteiger partial charge < -0.3 is 14.9 Å². The van der Waals surface area contributed by atoms with Crippen LogP contribution in [0.5, 0.6) is 0 Å². The Bertz CT molecular complexity index is 325. The van der Waals surface area contributed by atoms with Crippen LogP contribution in [-0.2, 0) is 14.3 Å². The summed E-state index contributed by atoms with van der Waals surface area (Å²) in [6, 6.07) is 0. The van der Waals surface area contributed by atoms with E-state index in [-0.39, 0.29) is 30.0 Å². The minimum absolute atomic E-state index is 0.0828. The SMILES string of the molecule is O=C(O)C1CCC(OC(=O)C2CCC(O)CC2)CC1. The Hall–Kier alpha value is -1.10. The van der Waals surface area contributed by atoms with Crippen LogP contribution in [0.2, 0.25) is 0 Å². The average molecular weight is 270 g/mol. The quantitative estimate of drug-likeness (QED) is 0.763. The maximum absolute atomic E-state index is 12.0. The highest BCUT2D eigenvalue weighted by Gasteiger charge is 2.31. The molecule has 0 radical (unpaired) electrons. The van der Waals surface area contributed by atoms with E-state index in [1.54, 1.807) is 0 Å². The number of aliphatic hydroxyl groups is 1. The summed E-state index contributed by atoms with van der Waals surface area (Å²) >= 11 is 0. The molecule has 2 fully saturated rings. The minimum Gasteiger partial charge on any atom is -0.481 e. The second-order valence-corrected chi connectivity index (χ2v) is 5.75. The van der Waals surface area contributed by atoms with E-state index >= 15 is 0 Å². The largest absolute Gasteiger partial charge is 0.481 e. The van der Waals surface area contributed by atoms with Gasteiger partial charge in [-0.15, -0.1) is 0 Å². The minimum atomic E-state index is -0.744. The zero-order valence-corrected chi connectivity index (χ0v) is 11.1. The number of aliphatic hydroxyl groups excluding tert-OH is 1. The third-order valence-electron chi connectivity index (χ3n) is 4.34. The lowest BCUT2D eigenvalue weighted by Gasteiger charge is -2.29. The van der Waals surface area contributed by atoms with Gasteiger partial charge >= 0.3 is 11.9 Å². The standard InChI is InChI=1S/C14H22O5/c15-11-5-1-10(2-6-11)14(18)19-12-7-3-9(4-8-12)13(16)17/h9-12,15H,1-8H2,(H,16,17). The van der Waals surface area contributed by atoms with Gasteiger partial charge in [0.25, 0.3) is 0 Å². The Kier molecular flexibility index (Phi) is 4.80. The van der Waals surface area contributed by atoms with E-state index in [0.717, 1.165) is 0 Å². The summed E-state index contributed by atoms with van der Waals surface area (Å²) in [6.45, 7) is 0. The lowest BCUT2D eigenvalue weighted by Crippen LogP contribution is -2.32. The lowest BCUT2D eigenvalue weighted by atomic mass is 9.86. The zero-order valence-electron chi connectivity index (χ0n) is 11.1. The number of carboxylic acids is 1. The van der Waals surface area contributed by atoms with E-state index in [1.165, 1.54) is 0 Å². The molecular weight excluding hydrogens is 248 g/mol. The monoisotopic (exact) mass is 270 g/mol. The number of hydrogen-bond donors (Lipinski definition) is 2. The van der Waals surface area contributed by atoms with Gasteiger partial charge in [0.15, 0.2) is 0 Å². The summed E-state index contributed by atoms with van der Waals surface area (Å²) in [4.78, 5) is 22.8. The fraction of sp³-hybridized carbons (Fsp3) is 0.857. The molecule has 0 aromatic rings. The molecule has 0 heterocycles. The molecule has 2 aliphatic carbocycles. The molecule has 2 saturated carbocycles. The molecule has 0 aromatic carbocycles. The maximum Gasteiger partial charge on any atom is 0.309 e. The number of ether oxygens (including phenoxy) is 1. The van der Waals surface area contributed by atoms with Crippen LogP contribution >= 0.6 is 0 Å². The molecule has 0 saturated heterocycles. The van der Waals surface area contributed by atoms with Crippen LogP contribution in [0.25, 0.3) is 0 Å². The van der Waals surface area contributed by atoms with Crippen LogP contribution in [0, 0.1) is 11.8 Å². The van der Waals surface area contributed by atoms with Gasteiger partial charge in [0.1, 0.15) is 6.10 Å². The molecule has 2 N–H and O–H groups in total. The van der Waals surface area contributed by atoms with Gasteiger partial charge in [0.05, 0.1) is 17.9 Å². The van der Waals surface area contributed by atoms with E-state index in [0.29, 0.717) is 51.4 Å². The topological polar surface area (TPSA) is 83.8 Å². The summed E-state index contributed by atoms with van der Waals surface area (Å²) in [5, 5.41) is 18.3. The van der Waals surface area contributed by atoms with Gasteiger partial charge in [-0.3, -0.25) is 9.59 Å². The first kappa shape index (κ1) is 14.3. The number of hydrogen-bond acceptors (Lipinski definition) is 4. The molecule has 2 aliphatic rings. The predicted octanol–water partition coefficient (Wildman–Crippen LogP) is 1.72. The fourth-order valence-corrected chi connectivity index (χ4v) is 3.00. The highest BCUT2D eigenvalue weighted by molar-refractivity contribution is 5.73. The van der Waals surface area contributed by atoms with E-state index in [1.807, 2.05) is 0 Å². The molecule has 5 heteroatoms. The Morgan fingerprint density at radius 1 is 0.842 bits per heavy atom. The first-order valence-electron chi connectivity index (χ1n) is 7.17. The highest BCUT2D eigenvalue weighted by atomic mass is 16.5. The summed E-state index contributed by atoms with van der Waals surface area (Å²) in [5.41, 5.74) is 0. The van der Waals surface area contributed by atoms with Crippen molar-refractivity contribution in [1.82, 2.24) is 0 Å². The number of carboxylic acid groups (broad SMARTS) is 1. The van der Waals surface area contributed by atoms with Crippen molar-refractivity contribution in [3.63, 3.8) is 0 Å². The molecular formula is C14H22O5. The molecule has 0 spiro atoms. The maximum atomic E-state index is 12.0. The molecule has 5 nitrogen and oxygen atoms in total. The normalized spacial score (nSPS) is 35.6. The Morgan fingerprint density at radius 2 is 1.37 bits per heavy atom. The smallest absolute Gasteiger partial charge is 0.309 e. The first-order chi connectivity index (χ1) is 9.06. The molecule has 0 atom stereocenters. The molecule has 2 rings (SSSR count). The molecule has 0 aromatic heterocycles. The van der Waals surface area contributed by atoms with E-state index < -0.39 is 5.97 Å². The summed E-state index contributed by atoms with van der Waals surface area (Å²) in [5.74, 6) is -1.27. The van der Waals surface area contributed by atoms with E-state index in [4.69, 9.17) is 9.84 Å². The first-order valence-corrected chi connectivity index (χ1v) is 7.17. The van der Waals surface area contributed by atoms with E-state index in [2.05, 4.69) is 0 Å². The third kappa shape index (κ3) is 3.93. The number of aliphatic carboxylic acids is 1. The van der Waals surface area contributed by atoms with Crippen LogP contribution in [0.4, 0.5) is 0 Å². The second-order valence-electron chi connectivity index (χ2n) is 5.75. The van der Waals surface area contributed by atoms with Crippen molar-refractivity contribution in [1.29, 1.82) is 0 Å². The van der Waals surface area contributed by atoms with Crippen molar-refractivity contribution < 1.29 is 24.5 Å². The molecule has 0 unspecified atom stereocenters. The van der Waals surface area contributed by atoms with Crippen molar-refractivity contribution in [3.05, 3.63) is 0 Å². The Balaban J connectivity index is 1.73. The number of carbonyl (C=O) groups is 2. The molecule has 0 aliphatic heterocycles. The molecule has 0 bridgehead atoms. The number of carbonyl (C=O) groups excluding carboxylic acids is 1. The third-order valence-corrected chi connectivity index (χ3v) is 4.34. The summed E-state index contributed by atoms with van der Waals surface area (Å²) in [6.07, 6.45) is 4.85.